The van der Waals surface area contributed by atoms with Crippen molar-refractivity contribution in [3.63, 3.8) is 0 Å². The number of likely N-dealkylation sites (N-methyl/N-ethyl adjacent to an activating group) is 1. The van der Waals surface area contributed by atoms with Crippen molar-refractivity contribution in [3.8, 4) is 0 Å². The fourth-order valence-electron chi connectivity index (χ4n) is 3.55. The molecule has 0 aliphatic carbocycles. The normalized spacial score (nSPS) is 18.4. The second kappa shape index (κ2) is 10.2. The van der Waals surface area contributed by atoms with Crippen molar-refractivity contribution < 1.29 is 16.8 Å². The fraction of sp³-hybridized carbons (Fsp3) is 0.684. The molecule has 1 fully saturated rings. The minimum atomic E-state index is -3.42. The smallest absolute Gasteiger partial charge is 0.215 e. The number of hydrogen-bond donors (Lipinski definition) is 1. The molecule has 9 heteroatoms. The maximum absolute atomic E-state index is 12.4. The third-order valence-corrected chi connectivity index (χ3v) is 7.96. The molecule has 0 spiro atoms. The molecule has 0 bridgehead atoms. The molecule has 28 heavy (non-hydrogen) atoms. The van der Waals surface area contributed by atoms with E-state index in [1.807, 2.05) is 6.07 Å². The summed E-state index contributed by atoms with van der Waals surface area (Å²) in [6.07, 6.45) is 3.70. The number of hydrogen-bond acceptors (Lipinski definition) is 5. The zero-order valence-corrected chi connectivity index (χ0v) is 18.7. The average molecular weight is 432 g/mol. The lowest BCUT2D eigenvalue weighted by Crippen LogP contribution is -2.44. The molecular formula is C19H33N3O4S2. The van der Waals surface area contributed by atoms with E-state index in [2.05, 4.69) is 47.9 Å². The average Bonchev–Trinajstić information content (AvgIpc) is 2.61. The van der Waals surface area contributed by atoms with Crippen molar-refractivity contribution in [1.82, 2.24) is 13.9 Å². The molecule has 1 atom stereocenters. The minimum absolute atomic E-state index is 0.0825. The van der Waals surface area contributed by atoms with Gasteiger partial charge in [-0.05, 0) is 44.7 Å². The van der Waals surface area contributed by atoms with E-state index in [1.54, 1.807) is 0 Å². The Kier molecular flexibility index (Phi) is 8.44. The molecule has 1 heterocycles. The van der Waals surface area contributed by atoms with Crippen LogP contribution in [0.1, 0.15) is 25.3 Å². The van der Waals surface area contributed by atoms with Crippen molar-refractivity contribution in [2.24, 2.45) is 5.92 Å². The van der Waals surface area contributed by atoms with Crippen LogP contribution in [0, 0.1) is 5.92 Å². The van der Waals surface area contributed by atoms with Crippen LogP contribution in [0.25, 0.3) is 0 Å². The highest BCUT2D eigenvalue weighted by molar-refractivity contribution is 7.89. The predicted octanol–water partition coefficient (Wildman–Crippen LogP) is 1.14. The molecular weight excluding hydrogens is 398 g/mol. The van der Waals surface area contributed by atoms with Gasteiger partial charge >= 0.3 is 0 Å². The largest absolute Gasteiger partial charge is 0.303 e. The fourth-order valence-corrected chi connectivity index (χ4v) is 5.54. The molecule has 0 saturated carbocycles. The maximum atomic E-state index is 12.4. The van der Waals surface area contributed by atoms with E-state index in [4.69, 9.17) is 0 Å². The lowest BCUT2D eigenvalue weighted by atomic mass is 9.96. The first-order chi connectivity index (χ1) is 13.1. The first kappa shape index (κ1) is 23.3. The lowest BCUT2D eigenvalue weighted by Gasteiger charge is -2.35. The summed E-state index contributed by atoms with van der Waals surface area (Å²) in [6, 6.07) is 10.9. The quantitative estimate of drug-likeness (QED) is 0.600. The summed E-state index contributed by atoms with van der Waals surface area (Å²) in [5.74, 6) is 0.280. The van der Waals surface area contributed by atoms with Crippen LogP contribution in [0.4, 0.5) is 0 Å². The van der Waals surface area contributed by atoms with Crippen LogP contribution in [0.3, 0.4) is 0 Å². The second-order valence-corrected chi connectivity index (χ2v) is 11.7. The Hall–Kier alpha value is -1.00. The third-order valence-electron chi connectivity index (χ3n) is 5.36. The van der Waals surface area contributed by atoms with E-state index < -0.39 is 20.0 Å². The molecule has 0 radical (unpaired) electrons. The van der Waals surface area contributed by atoms with Gasteiger partial charge in [0.05, 0.1) is 12.0 Å². The monoisotopic (exact) mass is 431 g/mol. The molecule has 1 saturated heterocycles. The van der Waals surface area contributed by atoms with Crippen LogP contribution in [0.15, 0.2) is 30.3 Å². The van der Waals surface area contributed by atoms with Crippen molar-refractivity contribution in [1.29, 1.82) is 0 Å². The van der Waals surface area contributed by atoms with Crippen LogP contribution >= 0.6 is 0 Å². The van der Waals surface area contributed by atoms with E-state index in [9.17, 15) is 16.8 Å². The summed E-state index contributed by atoms with van der Waals surface area (Å²) < 4.78 is 50.7. The lowest BCUT2D eigenvalue weighted by molar-refractivity contribution is 0.174. The molecule has 0 amide bonds. The molecule has 1 aromatic rings. The number of nitrogens with zero attached hydrogens (tertiary/aromatic N) is 2. The molecule has 160 valence electrons. The number of nitrogens with one attached hydrogen (secondary N) is 1. The summed E-state index contributed by atoms with van der Waals surface area (Å²) >= 11 is 0. The maximum Gasteiger partial charge on any atom is 0.215 e. The molecule has 7 nitrogen and oxygen atoms in total. The van der Waals surface area contributed by atoms with Crippen molar-refractivity contribution >= 4 is 20.0 Å². The molecule has 1 aliphatic rings. The zero-order valence-electron chi connectivity index (χ0n) is 17.0. The van der Waals surface area contributed by atoms with Gasteiger partial charge in [0.25, 0.3) is 0 Å². The zero-order chi connectivity index (χ0) is 20.8. The van der Waals surface area contributed by atoms with E-state index in [0.29, 0.717) is 25.0 Å². The molecule has 1 N–H and O–H groups in total. The Morgan fingerprint density at radius 2 is 1.75 bits per heavy atom. The van der Waals surface area contributed by atoms with Crippen molar-refractivity contribution in [2.45, 2.75) is 32.2 Å². The molecule has 1 unspecified atom stereocenters. The van der Waals surface area contributed by atoms with Gasteiger partial charge in [0, 0.05) is 32.2 Å². The van der Waals surface area contributed by atoms with Crippen molar-refractivity contribution in [2.75, 3.05) is 45.2 Å². The molecule has 1 aliphatic heterocycles. The summed E-state index contributed by atoms with van der Waals surface area (Å²) in [6.45, 7) is 4.11. The van der Waals surface area contributed by atoms with Crippen LogP contribution < -0.4 is 4.72 Å². The Morgan fingerprint density at radius 1 is 1.14 bits per heavy atom. The second-order valence-electron chi connectivity index (χ2n) is 7.80. The first-order valence-corrected chi connectivity index (χ1v) is 13.2. The molecule has 0 aromatic heterocycles. The first-order valence-electron chi connectivity index (χ1n) is 9.73. The minimum Gasteiger partial charge on any atom is -0.303 e. The van der Waals surface area contributed by atoms with Gasteiger partial charge in [0.2, 0.25) is 20.0 Å². The van der Waals surface area contributed by atoms with E-state index in [0.717, 1.165) is 32.1 Å². The number of rotatable bonds is 10. The van der Waals surface area contributed by atoms with Crippen LogP contribution in [-0.2, 0) is 26.5 Å². The highest BCUT2D eigenvalue weighted by Crippen LogP contribution is 2.21. The topological polar surface area (TPSA) is 86.8 Å². The molecule has 1 aromatic carbocycles. The number of benzene rings is 1. The van der Waals surface area contributed by atoms with Gasteiger partial charge in [-0.25, -0.2) is 25.9 Å². The van der Waals surface area contributed by atoms with Crippen molar-refractivity contribution in [3.05, 3.63) is 35.9 Å². The summed E-state index contributed by atoms with van der Waals surface area (Å²) in [5, 5.41) is 0. The van der Waals surface area contributed by atoms with Gasteiger partial charge in [0.15, 0.2) is 0 Å². The highest BCUT2D eigenvalue weighted by atomic mass is 32.2. The van der Waals surface area contributed by atoms with Gasteiger partial charge in [0.1, 0.15) is 0 Å². The van der Waals surface area contributed by atoms with E-state index in [1.165, 1.54) is 9.87 Å². The van der Waals surface area contributed by atoms with E-state index >= 15 is 0 Å². The predicted molar refractivity (Wildman–Crippen MR) is 113 cm³/mol. The van der Waals surface area contributed by atoms with Crippen LogP contribution in [-0.4, -0.2) is 77.3 Å². The summed E-state index contributed by atoms with van der Waals surface area (Å²) in [7, 11) is -4.66. The number of sulfonamides is 2. The third kappa shape index (κ3) is 7.79. The Bertz CT molecular complexity index is 805. The Balaban J connectivity index is 1.76. The number of piperidine rings is 1. The van der Waals surface area contributed by atoms with Gasteiger partial charge in [-0.15, -0.1) is 0 Å². The standard InChI is InChI=1S/C19H33N3O4S2/c1-17(15-18-7-5-4-6-8-18)21(2)16-19-9-12-22(13-10-19)28(25,26)14-11-20-27(3,23)24/h4-8,17,19-20H,9-16H2,1-3H3. The Labute approximate surface area is 170 Å². The summed E-state index contributed by atoms with van der Waals surface area (Å²) in [4.78, 5) is 2.36. The molecule has 2 rings (SSSR count). The van der Waals surface area contributed by atoms with Gasteiger partial charge in [-0.2, -0.15) is 0 Å². The summed E-state index contributed by atoms with van der Waals surface area (Å²) in [5.41, 5.74) is 1.32. The SMILES string of the molecule is CC(Cc1ccccc1)N(C)CC1CCN(S(=O)(=O)CCNS(C)(=O)=O)CC1. The van der Waals surface area contributed by atoms with Gasteiger partial charge in [-0.1, -0.05) is 30.3 Å². The van der Waals surface area contributed by atoms with Gasteiger partial charge < -0.3 is 4.90 Å². The highest BCUT2D eigenvalue weighted by Gasteiger charge is 2.28. The van der Waals surface area contributed by atoms with E-state index in [-0.39, 0.29) is 12.3 Å². The Morgan fingerprint density at radius 3 is 2.32 bits per heavy atom. The van der Waals surface area contributed by atoms with Crippen LogP contribution in [0.2, 0.25) is 0 Å². The van der Waals surface area contributed by atoms with Crippen LogP contribution in [0.5, 0.6) is 0 Å². The van der Waals surface area contributed by atoms with Gasteiger partial charge in [-0.3, -0.25) is 0 Å².